The lowest BCUT2D eigenvalue weighted by Gasteiger charge is -2.16. The first kappa shape index (κ1) is 21.1. The predicted octanol–water partition coefficient (Wildman–Crippen LogP) is 5.62. The SMILES string of the molecule is COc1ccc(C(=O)Nc2cc(C(F)(F)F)ccc2-c2ccc(F)cc2F)c(O)c1. The number of aromatic hydroxyl groups is 1. The molecule has 3 aromatic carbocycles. The van der Waals surface area contributed by atoms with E-state index in [0.29, 0.717) is 12.1 Å². The van der Waals surface area contributed by atoms with Crippen molar-refractivity contribution in [2.24, 2.45) is 0 Å². The van der Waals surface area contributed by atoms with Crippen molar-refractivity contribution in [3.05, 3.63) is 77.4 Å². The van der Waals surface area contributed by atoms with E-state index in [2.05, 4.69) is 5.32 Å². The zero-order chi connectivity index (χ0) is 22.1. The number of ether oxygens (including phenoxy) is 1. The molecule has 0 bridgehead atoms. The maximum Gasteiger partial charge on any atom is 0.416 e. The minimum absolute atomic E-state index is 0.0955. The highest BCUT2D eigenvalue weighted by atomic mass is 19.4. The van der Waals surface area contributed by atoms with Crippen molar-refractivity contribution >= 4 is 11.6 Å². The molecular formula is C21H14F5NO3. The fourth-order valence-corrected chi connectivity index (χ4v) is 2.79. The Kier molecular flexibility index (Phi) is 5.64. The molecule has 0 atom stereocenters. The Morgan fingerprint density at radius 3 is 2.27 bits per heavy atom. The van der Waals surface area contributed by atoms with E-state index in [1.165, 1.54) is 19.2 Å². The van der Waals surface area contributed by atoms with Crippen LogP contribution >= 0.6 is 0 Å². The van der Waals surface area contributed by atoms with E-state index in [0.717, 1.165) is 30.3 Å². The topological polar surface area (TPSA) is 58.6 Å². The van der Waals surface area contributed by atoms with Gasteiger partial charge in [0.05, 0.1) is 18.2 Å². The summed E-state index contributed by atoms with van der Waals surface area (Å²) in [6.45, 7) is 0. The predicted molar refractivity (Wildman–Crippen MR) is 99.4 cm³/mol. The third kappa shape index (κ3) is 4.35. The van der Waals surface area contributed by atoms with Gasteiger partial charge in [-0.1, -0.05) is 6.07 Å². The van der Waals surface area contributed by atoms with Crippen LogP contribution < -0.4 is 10.1 Å². The van der Waals surface area contributed by atoms with Gasteiger partial charge in [-0.15, -0.1) is 0 Å². The molecule has 2 N–H and O–H groups in total. The van der Waals surface area contributed by atoms with Gasteiger partial charge >= 0.3 is 6.18 Å². The van der Waals surface area contributed by atoms with Crippen molar-refractivity contribution in [1.82, 2.24) is 0 Å². The van der Waals surface area contributed by atoms with E-state index >= 15 is 0 Å². The van der Waals surface area contributed by atoms with Crippen molar-refractivity contribution in [3.8, 4) is 22.6 Å². The number of methoxy groups -OCH3 is 1. The van der Waals surface area contributed by atoms with Crippen LogP contribution in [-0.4, -0.2) is 18.1 Å². The summed E-state index contributed by atoms with van der Waals surface area (Å²) < 4.78 is 71.8. The van der Waals surface area contributed by atoms with Crippen LogP contribution in [-0.2, 0) is 6.18 Å². The molecule has 0 unspecified atom stereocenters. The molecule has 0 saturated carbocycles. The lowest BCUT2D eigenvalue weighted by molar-refractivity contribution is -0.137. The van der Waals surface area contributed by atoms with E-state index < -0.39 is 35.0 Å². The molecule has 0 spiro atoms. The molecule has 1 amide bonds. The number of hydrogen-bond acceptors (Lipinski definition) is 3. The van der Waals surface area contributed by atoms with Crippen LogP contribution in [0.3, 0.4) is 0 Å². The first-order valence-electron chi connectivity index (χ1n) is 8.45. The van der Waals surface area contributed by atoms with Crippen LogP contribution in [0.2, 0.25) is 0 Å². The fourth-order valence-electron chi connectivity index (χ4n) is 2.79. The van der Waals surface area contributed by atoms with Crippen molar-refractivity contribution in [2.45, 2.75) is 6.18 Å². The highest BCUT2D eigenvalue weighted by Crippen LogP contribution is 2.37. The molecule has 9 heteroatoms. The van der Waals surface area contributed by atoms with E-state index in [-0.39, 0.29) is 28.1 Å². The van der Waals surface area contributed by atoms with Gasteiger partial charge in [0.25, 0.3) is 5.91 Å². The molecule has 3 aromatic rings. The maximum absolute atomic E-state index is 14.2. The zero-order valence-electron chi connectivity index (χ0n) is 15.3. The largest absolute Gasteiger partial charge is 0.507 e. The van der Waals surface area contributed by atoms with Crippen LogP contribution in [0, 0.1) is 11.6 Å². The molecule has 0 saturated heterocycles. The Morgan fingerprint density at radius 1 is 0.967 bits per heavy atom. The quantitative estimate of drug-likeness (QED) is 0.536. The van der Waals surface area contributed by atoms with Crippen molar-refractivity contribution in [2.75, 3.05) is 12.4 Å². The summed E-state index contributed by atoms with van der Waals surface area (Å²) in [7, 11) is 1.35. The number of anilines is 1. The van der Waals surface area contributed by atoms with Gasteiger partial charge in [0.1, 0.15) is 23.1 Å². The lowest BCUT2D eigenvalue weighted by atomic mass is 10.00. The van der Waals surface area contributed by atoms with Gasteiger partial charge < -0.3 is 15.2 Å². The standard InChI is InChI=1S/C21H14F5NO3/c1-30-13-4-7-16(19(28)10-13)20(29)27-18-8-11(21(24,25)26)2-5-15(18)14-6-3-12(22)9-17(14)23/h2-10,28H,1H3,(H,27,29). The second kappa shape index (κ2) is 8.02. The fraction of sp³-hybridized carbons (Fsp3) is 0.0952. The molecular weight excluding hydrogens is 409 g/mol. The number of halogens is 5. The number of benzene rings is 3. The van der Waals surface area contributed by atoms with Crippen LogP contribution in [0.5, 0.6) is 11.5 Å². The van der Waals surface area contributed by atoms with E-state index in [4.69, 9.17) is 4.74 Å². The Labute approximate surface area is 167 Å². The first-order valence-corrected chi connectivity index (χ1v) is 8.45. The highest BCUT2D eigenvalue weighted by Gasteiger charge is 2.31. The number of alkyl halides is 3. The zero-order valence-corrected chi connectivity index (χ0v) is 15.3. The monoisotopic (exact) mass is 423 g/mol. The minimum atomic E-state index is -4.72. The number of amides is 1. The number of phenols is 1. The van der Waals surface area contributed by atoms with E-state index in [9.17, 15) is 31.9 Å². The number of rotatable bonds is 4. The van der Waals surface area contributed by atoms with E-state index in [1.807, 2.05) is 0 Å². The molecule has 0 radical (unpaired) electrons. The van der Waals surface area contributed by atoms with Crippen molar-refractivity contribution < 1.29 is 36.6 Å². The number of nitrogens with one attached hydrogen (secondary N) is 1. The average Bonchev–Trinajstić information content (AvgIpc) is 2.67. The number of carbonyl (C=O) groups excluding carboxylic acids is 1. The Bertz CT molecular complexity index is 1110. The summed E-state index contributed by atoms with van der Waals surface area (Å²) in [6, 6.07) is 8.65. The van der Waals surface area contributed by atoms with Gasteiger partial charge in [-0.25, -0.2) is 8.78 Å². The summed E-state index contributed by atoms with van der Waals surface area (Å²) in [5.74, 6) is -3.02. The third-order valence-corrected chi connectivity index (χ3v) is 4.27. The highest BCUT2D eigenvalue weighted by molar-refractivity contribution is 6.08. The molecule has 0 heterocycles. The van der Waals surface area contributed by atoms with Gasteiger partial charge in [0, 0.05) is 28.9 Å². The molecule has 156 valence electrons. The van der Waals surface area contributed by atoms with Gasteiger partial charge in [0.2, 0.25) is 0 Å². The molecule has 0 aliphatic rings. The van der Waals surface area contributed by atoms with Gasteiger partial charge in [-0.05, 0) is 36.4 Å². The smallest absolute Gasteiger partial charge is 0.416 e. The molecule has 0 aliphatic heterocycles. The molecule has 4 nitrogen and oxygen atoms in total. The van der Waals surface area contributed by atoms with Crippen molar-refractivity contribution in [3.63, 3.8) is 0 Å². The van der Waals surface area contributed by atoms with Crippen LogP contribution in [0.15, 0.2) is 54.6 Å². The average molecular weight is 423 g/mol. The summed E-state index contributed by atoms with van der Waals surface area (Å²) in [4.78, 5) is 12.6. The second-order valence-electron chi connectivity index (χ2n) is 6.22. The molecule has 0 aliphatic carbocycles. The minimum Gasteiger partial charge on any atom is -0.507 e. The normalized spacial score (nSPS) is 11.3. The first-order chi connectivity index (χ1) is 14.1. The maximum atomic E-state index is 14.2. The van der Waals surface area contributed by atoms with Gasteiger partial charge in [-0.3, -0.25) is 4.79 Å². The van der Waals surface area contributed by atoms with Crippen LogP contribution in [0.25, 0.3) is 11.1 Å². The Hall–Kier alpha value is -3.62. The van der Waals surface area contributed by atoms with Crippen LogP contribution in [0.4, 0.5) is 27.6 Å². The number of phenolic OH excluding ortho intramolecular Hbond substituents is 1. The third-order valence-electron chi connectivity index (χ3n) is 4.27. The van der Waals surface area contributed by atoms with E-state index in [1.54, 1.807) is 0 Å². The molecule has 0 fully saturated rings. The Balaban J connectivity index is 2.08. The van der Waals surface area contributed by atoms with Crippen LogP contribution in [0.1, 0.15) is 15.9 Å². The van der Waals surface area contributed by atoms with Gasteiger partial charge in [0.15, 0.2) is 0 Å². The summed E-state index contributed by atoms with van der Waals surface area (Å²) >= 11 is 0. The summed E-state index contributed by atoms with van der Waals surface area (Å²) in [5, 5.41) is 12.3. The molecule has 30 heavy (non-hydrogen) atoms. The number of hydrogen-bond donors (Lipinski definition) is 2. The van der Waals surface area contributed by atoms with Gasteiger partial charge in [-0.2, -0.15) is 13.2 Å². The lowest BCUT2D eigenvalue weighted by Crippen LogP contribution is -2.14. The molecule has 3 rings (SSSR count). The second-order valence-corrected chi connectivity index (χ2v) is 6.22. The summed E-state index contributed by atoms with van der Waals surface area (Å²) in [5.41, 5.74) is -1.99. The summed E-state index contributed by atoms with van der Waals surface area (Å²) in [6.07, 6.45) is -4.72. The molecule has 0 aromatic heterocycles. The van der Waals surface area contributed by atoms with Crippen molar-refractivity contribution in [1.29, 1.82) is 0 Å². The Morgan fingerprint density at radius 2 is 1.67 bits per heavy atom. The number of carbonyl (C=O) groups is 1.